The van der Waals surface area contributed by atoms with Gasteiger partial charge in [-0.25, -0.2) is 9.37 Å². The average Bonchev–Trinajstić information content (AvgIpc) is 3.47. The Morgan fingerprint density at radius 2 is 1.79 bits per heavy atom. The third-order valence-corrected chi connectivity index (χ3v) is 5.46. The van der Waals surface area contributed by atoms with Crippen LogP contribution in [0.5, 0.6) is 5.75 Å². The van der Waals surface area contributed by atoms with Gasteiger partial charge >= 0.3 is 0 Å². The molecule has 0 saturated heterocycles. The minimum Gasteiger partial charge on any atom is -0.497 e. The summed E-state index contributed by atoms with van der Waals surface area (Å²) in [6.45, 7) is 0. The molecular weight excluding hydrogens is 421 g/mol. The van der Waals surface area contributed by atoms with Gasteiger partial charge in [-0.3, -0.25) is 20.1 Å². The Morgan fingerprint density at radius 3 is 2.64 bits per heavy atom. The van der Waals surface area contributed by atoms with E-state index in [2.05, 4.69) is 35.1 Å². The van der Waals surface area contributed by atoms with Gasteiger partial charge in [-0.15, -0.1) is 0 Å². The Kier molecular flexibility index (Phi) is 4.32. The van der Waals surface area contributed by atoms with E-state index in [0.29, 0.717) is 28.3 Å². The topological polar surface area (TPSA) is 105 Å². The van der Waals surface area contributed by atoms with E-state index in [-0.39, 0.29) is 5.82 Å². The number of aromatic nitrogens is 7. The molecule has 6 rings (SSSR count). The summed E-state index contributed by atoms with van der Waals surface area (Å²) in [5, 5.41) is 9.15. The Balaban J connectivity index is 1.50. The third-order valence-electron chi connectivity index (χ3n) is 5.46. The molecule has 0 radical (unpaired) electrons. The predicted molar refractivity (Wildman–Crippen MR) is 122 cm³/mol. The molecule has 0 bridgehead atoms. The monoisotopic (exact) mass is 437 g/mol. The van der Waals surface area contributed by atoms with E-state index in [1.165, 1.54) is 19.2 Å². The van der Waals surface area contributed by atoms with E-state index in [9.17, 15) is 4.39 Å². The van der Waals surface area contributed by atoms with Crippen LogP contribution in [0, 0.1) is 5.82 Å². The number of pyridine rings is 2. The molecule has 5 aromatic heterocycles. The van der Waals surface area contributed by atoms with Gasteiger partial charge in [0.05, 0.1) is 30.4 Å². The highest BCUT2D eigenvalue weighted by Crippen LogP contribution is 2.34. The van der Waals surface area contributed by atoms with Crippen molar-refractivity contribution in [1.82, 2.24) is 35.1 Å². The summed E-state index contributed by atoms with van der Waals surface area (Å²) in [5.74, 6) is 0.0419. The summed E-state index contributed by atoms with van der Waals surface area (Å²) < 4.78 is 19.4. The van der Waals surface area contributed by atoms with Crippen LogP contribution < -0.4 is 4.74 Å². The van der Waals surface area contributed by atoms with Gasteiger partial charge in [0.25, 0.3) is 0 Å². The predicted octanol–water partition coefficient (Wildman–Crippen LogP) is 4.77. The zero-order chi connectivity index (χ0) is 22.4. The van der Waals surface area contributed by atoms with Gasteiger partial charge in [0, 0.05) is 58.3 Å². The Morgan fingerprint density at radius 1 is 0.848 bits per heavy atom. The molecule has 0 spiro atoms. The maximum Gasteiger partial charge on any atom is 0.155 e. The normalized spacial score (nSPS) is 11.3. The van der Waals surface area contributed by atoms with Crippen molar-refractivity contribution in [1.29, 1.82) is 0 Å². The maximum atomic E-state index is 14.1. The molecule has 0 fully saturated rings. The van der Waals surface area contributed by atoms with Crippen LogP contribution >= 0.6 is 0 Å². The standard InChI is InChI=1S/C24H16FN7O/c1-33-16-7-13(6-15(25)9-16)22-17-10-20(30-19(17)2-3-28-22)23-18-8-14(11-29-24(18)32-31-23)21-12-26-4-5-27-21/h2-12,30H,1H3,(H,29,31,32). The van der Waals surface area contributed by atoms with Crippen LogP contribution in [0.4, 0.5) is 4.39 Å². The highest BCUT2D eigenvalue weighted by Gasteiger charge is 2.16. The van der Waals surface area contributed by atoms with Crippen LogP contribution in [0.25, 0.3) is 55.8 Å². The van der Waals surface area contributed by atoms with Gasteiger partial charge in [0.1, 0.15) is 17.3 Å². The summed E-state index contributed by atoms with van der Waals surface area (Å²) in [6.07, 6.45) is 8.38. The van der Waals surface area contributed by atoms with E-state index in [1.54, 1.807) is 37.1 Å². The fraction of sp³-hybridized carbons (Fsp3) is 0.0417. The summed E-state index contributed by atoms with van der Waals surface area (Å²) >= 11 is 0. The Labute approximate surface area is 186 Å². The van der Waals surface area contributed by atoms with Crippen LogP contribution in [0.1, 0.15) is 0 Å². The molecule has 0 aliphatic carbocycles. The lowest BCUT2D eigenvalue weighted by Crippen LogP contribution is -1.89. The number of hydrogen-bond acceptors (Lipinski definition) is 6. The number of hydrogen-bond donors (Lipinski definition) is 2. The fourth-order valence-electron chi connectivity index (χ4n) is 3.93. The zero-order valence-electron chi connectivity index (χ0n) is 17.4. The largest absolute Gasteiger partial charge is 0.497 e. The van der Waals surface area contributed by atoms with Crippen molar-refractivity contribution in [3.8, 4) is 39.7 Å². The molecular formula is C24H16FN7O. The number of halogens is 1. The summed E-state index contributed by atoms with van der Waals surface area (Å²) in [6, 6.07) is 10.4. The van der Waals surface area contributed by atoms with E-state index in [1.807, 2.05) is 18.2 Å². The highest BCUT2D eigenvalue weighted by atomic mass is 19.1. The number of aromatic amines is 2. The van der Waals surface area contributed by atoms with Crippen molar-refractivity contribution in [3.63, 3.8) is 0 Å². The third kappa shape index (κ3) is 3.26. The molecule has 1 aromatic carbocycles. The molecule has 0 saturated carbocycles. The number of benzene rings is 1. The molecule has 0 unspecified atom stereocenters. The molecule has 5 heterocycles. The molecule has 0 aliphatic rings. The van der Waals surface area contributed by atoms with Crippen molar-refractivity contribution in [2.24, 2.45) is 0 Å². The molecule has 0 atom stereocenters. The second kappa shape index (κ2) is 7.49. The molecule has 160 valence electrons. The second-order valence-electron chi connectivity index (χ2n) is 7.47. The van der Waals surface area contributed by atoms with Crippen LogP contribution in [-0.4, -0.2) is 42.2 Å². The lowest BCUT2D eigenvalue weighted by Gasteiger charge is -2.06. The van der Waals surface area contributed by atoms with Gasteiger partial charge in [-0.05, 0) is 30.3 Å². The molecule has 0 aliphatic heterocycles. The number of methoxy groups -OCH3 is 1. The Hall–Kier alpha value is -4.66. The number of fused-ring (bicyclic) bond motifs is 2. The fourth-order valence-corrected chi connectivity index (χ4v) is 3.93. The first-order valence-corrected chi connectivity index (χ1v) is 10.1. The second-order valence-corrected chi connectivity index (χ2v) is 7.47. The van der Waals surface area contributed by atoms with E-state index >= 15 is 0 Å². The summed E-state index contributed by atoms with van der Waals surface area (Å²) in [5.41, 5.74) is 5.84. The van der Waals surface area contributed by atoms with Crippen molar-refractivity contribution >= 4 is 21.9 Å². The van der Waals surface area contributed by atoms with Crippen LogP contribution in [0.3, 0.4) is 0 Å². The zero-order valence-corrected chi connectivity index (χ0v) is 17.4. The molecule has 6 aromatic rings. The number of rotatable bonds is 4. The molecule has 0 amide bonds. The average molecular weight is 437 g/mol. The van der Waals surface area contributed by atoms with E-state index < -0.39 is 0 Å². The van der Waals surface area contributed by atoms with Crippen LogP contribution in [0.15, 0.2) is 67.4 Å². The van der Waals surface area contributed by atoms with E-state index in [0.717, 1.165) is 33.2 Å². The number of ether oxygens (including phenoxy) is 1. The van der Waals surface area contributed by atoms with E-state index in [4.69, 9.17) is 4.74 Å². The molecule has 33 heavy (non-hydrogen) atoms. The first-order valence-electron chi connectivity index (χ1n) is 10.1. The highest BCUT2D eigenvalue weighted by molar-refractivity contribution is 6.00. The van der Waals surface area contributed by atoms with Gasteiger partial charge in [-0.1, -0.05) is 0 Å². The quantitative estimate of drug-likeness (QED) is 0.411. The molecule has 2 N–H and O–H groups in total. The van der Waals surface area contributed by atoms with Gasteiger partial charge in [-0.2, -0.15) is 5.10 Å². The van der Waals surface area contributed by atoms with Crippen LogP contribution in [0.2, 0.25) is 0 Å². The first kappa shape index (κ1) is 19.1. The minimum absolute atomic E-state index is 0.389. The van der Waals surface area contributed by atoms with Crippen molar-refractivity contribution in [2.45, 2.75) is 0 Å². The summed E-state index contributed by atoms with van der Waals surface area (Å²) in [7, 11) is 1.51. The van der Waals surface area contributed by atoms with Gasteiger partial charge in [0.15, 0.2) is 5.65 Å². The van der Waals surface area contributed by atoms with Crippen LogP contribution in [-0.2, 0) is 0 Å². The number of H-pyrrole nitrogens is 2. The number of nitrogens with zero attached hydrogens (tertiary/aromatic N) is 5. The smallest absolute Gasteiger partial charge is 0.155 e. The van der Waals surface area contributed by atoms with Crippen molar-refractivity contribution < 1.29 is 9.13 Å². The number of nitrogens with one attached hydrogen (secondary N) is 2. The van der Waals surface area contributed by atoms with Gasteiger partial charge < -0.3 is 9.72 Å². The SMILES string of the molecule is COc1cc(F)cc(-c2nccc3[nH]c(-c4n[nH]c5ncc(-c6cnccn6)cc45)cc23)c1. The molecule has 9 heteroatoms. The molecule has 8 nitrogen and oxygen atoms in total. The summed E-state index contributed by atoms with van der Waals surface area (Å²) in [4.78, 5) is 20.9. The first-order chi connectivity index (χ1) is 16.2. The Bertz CT molecular complexity index is 1620. The van der Waals surface area contributed by atoms with Gasteiger partial charge in [0.2, 0.25) is 0 Å². The lowest BCUT2D eigenvalue weighted by atomic mass is 10.1. The minimum atomic E-state index is -0.389. The van der Waals surface area contributed by atoms with Crippen molar-refractivity contribution in [2.75, 3.05) is 7.11 Å². The maximum absolute atomic E-state index is 14.1. The van der Waals surface area contributed by atoms with Crippen molar-refractivity contribution in [3.05, 3.63) is 73.2 Å². The lowest BCUT2D eigenvalue weighted by molar-refractivity contribution is 0.411.